The molecule has 21 heavy (non-hydrogen) atoms. The van der Waals surface area contributed by atoms with Crippen molar-refractivity contribution in [1.82, 2.24) is 10.2 Å². The quantitative estimate of drug-likeness (QED) is 0.892. The van der Waals surface area contributed by atoms with E-state index in [-0.39, 0.29) is 11.9 Å². The summed E-state index contributed by atoms with van der Waals surface area (Å²) >= 11 is 1.70. The van der Waals surface area contributed by atoms with Gasteiger partial charge in [0.25, 0.3) is 5.91 Å². The number of thiophene rings is 1. The van der Waals surface area contributed by atoms with E-state index in [0.29, 0.717) is 17.9 Å². The average molecular weight is 304 g/mol. The molecule has 0 saturated carbocycles. The minimum absolute atomic E-state index is 0.115. The molecule has 1 aromatic heterocycles. The van der Waals surface area contributed by atoms with Crippen molar-refractivity contribution in [2.24, 2.45) is 0 Å². The number of ether oxygens (including phenoxy) is 1. The number of hydrogen-bond acceptors (Lipinski definition) is 4. The molecule has 1 aromatic carbocycles. The predicted molar refractivity (Wildman–Crippen MR) is 86.1 cm³/mol. The molecule has 2 rings (SSSR count). The SMILES string of the molecule is COc1ccccc1C(=O)NCC(c1cccs1)N(C)C. The monoisotopic (exact) mass is 304 g/mol. The number of carbonyl (C=O) groups excluding carboxylic acids is 1. The molecular weight excluding hydrogens is 284 g/mol. The zero-order chi connectivity index (χ0) is 15.2. The lowest BCUT2D eigenvalue weighted by Crippen LogP contribution is -2.34. The molecular formula is C16H20N2O2S. The highest BCUT2D eigenvalue weighted by atomic mass is 32.1. The van der Waals surface area contributed by atoms with Crippen LogP contribution in [0.1, 0.15) is 21.3 Å². The van der Waals surface area contributed by atoms with Crippen LogP contribution in [0.4, 0.5) is 0 Å². The van der Waals surface area contributed by atoms with Gasteiger partial charge in [0.05, 0.1) is 18.7 Å². The fraction of sp³-hybridized carbons (Fsp3) is 0.312. The maximum Gasteiger partial charge on any atom is 0.255 e. The molecule has 0 saturated heterocycles. The Bertz CT molecular complexity index is 582. The third-order valence-corrected chi connectivity index (χ3v) is 4.28. The lowest BCUT2D eigenvalue weighted by molar-refractivity contribution is 0.0939. The summed E-state index contributed by atoms with van der Waals surface area (Å²) in [6.45, 7) is 0.560. The molecule has 112 valence electrons. The molecule has 0 aliphatic heterocycles. The van der Waals surface area contributed by atoms with E-state index < -0.39 is 0 Å². The zero-order valence-electron chi connectivity index (χ0n) is 12.5. The van der Waals surface area contributed by atoms with Gasteiger partial charge in [-0.25, -0.2) is 0 Å². The van der Waals surface area contributed by atoms with E-state index in [1.807, 2.05) is 37.7 Å². The summed E-state index contributed by atoms with van der Waals surface area (Å²) in [6.07, 6.45) is 0. The maximum absolute atomic E-state index is 12.3. The fourth-order valence-electron chi connectivity index (χ4n) is 2.14. The van der Waals surface area contributed by atoms with E-state index in [2.05, 4.69) is 16.3 Å². The summed E-state index contributed by atoms with van der Waals surface area (Å²) in [6, 6.07) is 11.5. The predicted octanol–water partition coefficient (Wildman–Crippen LogP) is 2.79. The first-order valence-electron chi connectivity index (χ1n) is 6.74. The Labute approximate surface area is 129 Å². The lowest BCUT2D eigenvalue weighted by atomic mass is 10.1. The molecule has 1 unspecified atom stereocenters. The molecule has 1 heterocycles. The summed E-state index contributed by atoms with van der Waals surface area (Å²) in [5.41, 5.74) is 0.559. The van der Waals surface area contributed by atoms with Gasteiger partial charge in [-0.2, -0.15) is 0 Å². The van der Waals surface area contributed by atoms with Crippen LogP contribution in [-0.4, -0.2) is 38.6 Å². The third kappa shape index (κ3) is 3.83. The molecule has 1 N–H and O–H groups in total. The lowest BCUT2D eigenvalue weighted by Gasteiger charge is -2.23. The van der Waals surface area contributed by atoms with Gasteiger partial charge in [-0.05, 0) is 37.7 Å². The number of methoxy groups -OCH3 is 1. The highest BCUT2D eigenvalue weighted by Gasteiger charge is 2.18. The largest absolute Gasteiger partial charge is 0.496 e. The van der Waals surface area contributed by atoms with Crippen molar-refractivity contribution in [3.63, 3.8) is 0 Å². The van der Waals surface area contributed by atoms with Gasteiger partial charge in [0, 0.05) is 11.4 Å². The van der Waals surface area contributed by atoms with Crippen LogP contribution in [0.15, 0.2) is 41.8 Å². The first-order chi connectivity index (χ1) is 10.1. The Morgan fingerprint density at radius 3 is 2.67 bits per heavy atom. The van der Waals surface area contributed by atoms with E-state index in [4.69, 9.17) is 4.74 Å². The van der Waals surface area contributed by atoms with Crippen molar-refractivity contribution in [2.45, 2.75) is 6.04 Å². The van der Waals surface area contributed by atoms with E-state index in [1.54, 1.807) is 30.6 Å². The van der Waals surface area contributed by atoms with Crippen LogP contribution in [0.3, 0.4) is 0 Å². The Kier molecular flexibility index (Phi) is 5.36. The van der Waals surface area contributed by atoms with Crippen molar-refractivity contribution in [3.05, 3.63) is 52.2 Å². The number of hydrogen-bond donors (Lipinski definition) is 1. The number of para-hydroxylation sites is 1. The molecule has 0 fully saturated rings. The first kappa shape index (κ1) is 15.5. The third-order valence-electron chi connectivity index (χ3n) is 3.30. The molecule has 2 aromatic rings. The zero-order valence-corrected chi connectivity index (χ0v) is 13.3. The van der Waals surface area contributed by atoms with Gasteiger partial charge in [0.2, 0.25) is 0 Å². The van der Waals surface area contributed by atoms with E-state index in [1.165, 1.54) is 4.88 Å². The van der Waals surface area contributed by atoms with Gasteiger partial charge < -0.3 is 15.0 Å². The molecule has 1 atom stereocenters. The van der Waals surface area contributed by atoms with E-state index in [0.717, 1.165) is 0 Å². The van der Waals surface area contributed by atoms with Crippen LogP contribution < -0.4 is 10.1 Å². The minimum Gasteiger partial charge on any atom is -0.496 e. The first-order valence-corrected chi connectivity index (χ1v) is 7.62. The van der Waals surface area contributed by atoms with Crippen molar-refractivity contribution in [1.29, 1.82) is 0 Å². The number of likely N-dealkylation sites (N-methyl/N-ethyl adjacent to an activating group) is 1. The van der Waals surface area contributed by atoms with Crippen LogP contribution in [0, 0.1) is 0 Å². The normalized spacial score (nSPS) is 12.2. The number of amides is 1. The van der Waals surface area contributed by atoms with Crippen LogP contribution in [0.5, 0.6) is 5.75 Å². The van der Waals surface area contributed by atoms with Gasteiger partial charge in [-0.1, -0.05) is 18.2 Å². The molecule has 0 spiro atoms. The second-order valence-electron chi connectivity index (χ2n) is 4.91. The number of rotatable bonds is 6. The van der Waals surface area contributed by atoms with Crippen molar-refractivity contribution >= 4 is 17.2 Å². The summed E-state index contributed by atoms with van der Waals surface area (Å²) < 4.78 is 5.22. The van der Waals surface area contributed by atoms with Gasteiger partial charge in [0.15, 0.2) is 0 Å². The van der Waals surface area contributed by atoms with Gasteiger partial charge in [0.1, 0.15) is 5.75 Å². The van der Waals surface area contributed by atoms with Crippen molar-refractivity contribution < 1.29 is 9.53 Å². The summed E-state index contributed by atoms with van der Waals surface area (Å²) in [5.74, 6) is 0.475. The Morgan fingerprint density at radius 2 is 2.05 bits per heavy atom. The Balaban J connectivity index is 2.06. The number of benzene rings is 1. The number of carbonyl (C=O) groups is 1. The second kappa shape index (κ2) is 7.24. The summed E-state index contributed by atoms with van der Waals surface area (Å²) in [7, 11) is 5.60. The van der Waals surface area contributed by atoms with Crippen LogP contribution in [0.25, 0.3) is 0 Å². The Hall–Kier alpha value is -1.85. The van der Waals surface area contributed by atoms with Gasteiger partial charge in [-0.3, -0.25) is 4.79 Å². The number of nitrogens with zero attached hydrogens (tertiary/aromatic N) is 1. The second-order valence-corrected chi connectivity index (χ2v) is 5.88. The van der Waals surface area contributed by atoms with Crippen LogP contribution in [-0.2, 0) is 0 Å². The summed E-state index contributed by atoms with van der Waals surface area (Å²) in [4.78, 5) is 15.7. The van der Waals surface area contributed by atoms with Gasteiger partial charge >= 0.3 is 0 Å². The van der Waals surface area contributed by atoms with Crippen LogP contribution in [0.2, 0.25) is 0 Å². The van der Waals surface area contributed by atoms with Crippen molar-refractivity contribution in [3.8, 4) is 5.75 Å². The smallest absolute Gasteiger partial charge is 0.255 e. The Morgan fingerprint density at radius 1 is 1.29 bits per heavy atom. The van der Waals surface area contributed by atoms with Crippen molar-refractivity contribution in [2.75, 3.05) is 27.7 Å². The van der Waals surface area contributed by atoms with E-state index in [9.17, 15) is 4.79 Å². The standard InChI is InChI=1S/C16H20N2O2S/c1-18(2)13(15-9-6-10-21-15)11-17-16(19)12-7-4-5-8-14(12)20-3/h4-10,13H,11H2,1-3H3,(H,17,19). The molecule has 5 heteroatoms. The van der Waals surface area contributed by atoms with Crippen LogP contribution >= 0.6 is 11.3 Å². The molecule has 1 amide bonds. The highest BCUT2D eigenvalue weighted by Crippen LogP contribution is 2.23. The fourth-order valence-corrected chi connectivity index (χ4v) is 3.06. The molecule has 0 radical (unpaired) electrons. The highest BCUT2D eigenvalue weighted by molar-refractivity contribution is 7.10. The molecule has 0 bridgehead atoms. The summed E-state index contributed by atoms with van der Waals surface area (Å²) in [5, 5.41) is 5.04. The molecule has 0 aliphatic rings. The molecule has 0 aliphatic carbocycles. The number of nitrogens with one attached hydrogen (secondary N) is 1. The topological polar surface area (TPSA) is 41.6 Å². The van der Waals surface area contributed by atoms with Gasteiger partial charge in [-0.15, -0.1) is 11.3 Å². The molecule has 4 nitrogen and oxygen atoms in total. The minimum atomic E-state index is -0.115. The maximum atomic E-state index is 12.3. The average Bonchev–Trinajstić information content (AvgIpc) is 3.01. The van der Waals surface area contributed by atoms with E-state index >= 15 is 0 Å².